The molecule has 0 aliphatic carbocycles. The summed E-state index contributed by atoms with van der Waals surface area (Å²) in [7, 11) is 3.27. The summed E-state index contributed by atoms with van der Waals surface area (Å²) in [4.78, 5) is 33.6. The zero-order valence-corrected chi connectivity index (χ0v) is 15.5. The van der Waals surface area contributed by atoms with Gasteiger partial charge in [0.05, 0.1) is 19.5 Å². The number of thiophene rings is 1. The van der Waals surface area contributed by atoms with Crippen molar-refractivity contribution >= 4 is 27.5 Å². The Kier molecular flexibility index (Phi) is 5.15. The SMILES string of the molecule is COC(=O)c1sc2nc(C[NH+](C)Cc3ccc(F)cc3)[nH]c(=O)c2c1C. The van der Waals surface area contributed by atoms with Crippen LogP contribution in [0.2, 0.25) is 0 Å². The lowest BCUT2D eigenvalue weighted by Gasteiger charge is -2.13. The van der Waals surface area contributed by atoms with Crippen LogP contribution < -0.4 is 10.5 Å². The monoisotopic (exact) mass is 376 g/mol. The normalized spacial score (nSPS) is 12.3. The van der Waals surface area contributed by atoms with Crippen molar-refractivity contribution in [3.63, 3.8) is 0 Å². The van der Waals surface area contributed by atoms with Gasteiger partial charge in [-0.25, -0.2) is 14.2 Å². The molecule has 26 heavy (non-hydrogen) atoms. The van der Waals surface area contributed by atoms with Crippen molar-refractivity contribution in [2.24, 2.45) is 0 Å². The van der Waals surface area contributed by atoms with Gasteiger partial charge in [-0.05, 0) is 24.6 Å². The highest BCUT2D eigenvalue weighted by Gasteiger charge is 2.20. The van der Waals surface area contributed by atoms with Gasteiger partial charge in [-0.15, -0.1) is 11.3 Å². The lowest BCUT2D eigenvalue weighted by atomic mass is 10.2. The van der Waals surface area contributed by atoms with Gasteiger partial charge in [0.15, 0.2) is 5.82 Å². The Morgan fingerprint density at radius 3 is 2.65 bits per heavy atom. The molecule has 0 radical (unpaired) electrons. The van der Waals surface area contributed by atoms with Crippen LogP contribution in [0.25, 0.3) is 10.2 Å². The highest BCUT2D eigenvalue weighted by molar-refractivity contribution is 7.20. The van der Waals surface area contributed by atoms with Crippen LogP contribution in [0, 0.1) is 12.7 Å². The number of benzene rings is 1. The summed E-state index contributed by atoms with van der Waals surface area (Å²) in [6, 6.07) is 6.34. The largest absolute Gasteiger partial charge is 0.465 e. The number of aromatic amines is 1. The Bertz CT molecular complexity index is 1010. The maximum Gasteiger partial charge on any atom is 0.348 e. The van der Waals surface area contributed by atoms with Crippen molar-refractivity contribution in [2.45, 2.75) is 20.0 Å². The van der Waals surface area contributed by atoms with Gasteiger partial charge in [0.25, 0.3) is 5.56 Å². The van der Waals surface area contributed by atoms with Crippen molar-refractivity contribution in [3.8, 4) is 0 Å². The summed E-state index contributed by atoms with van der Waals surface area (Å²) in [5.41, 5.74) is 1.32. The van der Waals surface area contributed by atoms with Crippen LogP contribution in [0.3, 0.4) is 0 Å². The number of H-pyrrole nitrogens is 1. The number of esters is 1. The van der Waals surface area contributed by atoms with Crippen molar-refractivity contribution in [2.75, 3.05) is 14.2 Å². The highest BCUT2D eigenvalue weighted by Crippen LogP contribution is 2.27. The van der Waals surface area contributed by atoms with Gasteiger partial charge in [0, 0.05) is 5.56 Å². The molecule has 2 heterocycles. The Morgan fingerprint density at radius 2 is 2.00 bits per heavy atom. The van der Waals surface area contributed by atoms with Crippen LogP contribution in [-0.4, -0.2) is 30.1 Å². The minimum Gasteiger partial charge on any atom is -0.465 e. The lowest BCUT2D eigenvalue weighted by molar-refractivity contribution is -0.908. The number of aryl methyl sites for hydroxylation is 1. The summed E-state index contributed by atoms with van der Waals surface area (Å²) >= 11 is 1.16. The highest BCUT2D eigenvalue weighted by atomic mass is 32.1. The van der Waals surface area contributed by atoms with Crippen LogP contribution >= 0.6 is 11.3 Å². The first kappa shape index (κ1) is 18.2. The van der Waals surface area contributed by atoms with Crippen molar-refractivity contribution in [1.82, 2.24) is 9.97 Å². The number of methoxy groups -OCH3 is 1. The van der Waals surface area contributed by atoms with E-state index in [1.54, 1.807) is 19.1 Å². The molecular formula is C18H19FN3O3S+. The third-order valence-electron chi connectivity index (χ3n) is 4.11. The van der Waals surface area contributed by atoms with E-state index in [4.69, 9.17) is 4.74 Å². The molecule has 0 spiro atoms. The molecule has 136 valence electrons. The molecular weight excluding hydrogens is 357 g/mol. The maximum absolute atomic E-state index is 13.0. The number of ether oxygens (including phenoxy) is 1. The minimum atomic E-state index is -0.467. The van der Waals surface area contributed by atoms with E-state index >= 15 is 0 Å². The predicted octanol–water partition coefficient (Wildman–Crippen LogP) is 1.43. The van der Waals surface area contributed by atoms with Gasteiger partial charge in [0.2, 0.25) is 0 Å². The Morgan fingerprint density at radius 1 is 1.31 bits per heavy atom. The number of hydrogen-bond donors (Lipinski definition) is 2. The van der Waals surface area contributed by atoms with Gasteiger partial charge < -0.3 is 14.6 Å². The fourth-order valence-corrected chi connectivity index (χ4v) is 3.98. The molecule has 0 aliphatic rings. The number of carbonyl (C=O) groups excluding carboxylic acids is 1. The van der Waals surface area contributed by atoms with E-state index in [1.807, 2.05) is 7.05 Å². The molecule has 2 N–H and O–H groups in total. The third-order valence-corrected chi connectivity index (χ3v) is 5.27. The molecule has 0 fully saturated rings. The lowest BCUT2D eigenvalue weighted by Crippen LogP contribution is -3.06. The maximum atomic E-state index is 13.0. The van der Waals surface area contributed by atoms with Crippen LogP contribution in [-0.2, 0) is 17.8 Å². The van der Waals surface area contributed by atoms with E-state index < -0.39 is 5.97 Å². The third kappa shape index (κ3) is 3.66. The van der Waals surface area contributed by atoms with Gasteiger partial charge >= 0.3 is 5.97 Å². The molecule has 6 nitrogen and oxygen atoms in total. The number of nitrogens with zero attached hydrogens (tertiary/aromatic N) is 1. The summed E-state index contributed by atoms with van der Waals surface area (Å²) in [5.74, 6) is -0.192. The molecule has 8 heteroatoms. The summed E-state index contributed by atoms with van der Waals surface area (Å²) in [5, 5.41) is 0.426. The predicted molar refractivity (Wildman–Crippen MR) is 97.0 cm³/mol. The summed E-state index contributed by atoms with van der Waals surface area (Å²) in [6.07, 6.45) is 0. The van der Waals surface area contributed by atoms with Gasteiger partial charge in [-0.3, -0.25) is 4.79 Å². The molecule has 2 aromatic heterocycles. The Labute approximate surface area is 153 Å². The molecule has 0 bridgehead atoms. The molecule has 0 aliphatic heterocycles. The Hall–Kier alpha value is -2.58. The van der Waals surface area contributed by atoms with Gasteiger partial charge in [-0.2, -0.15) is 0 Å². The van der Waals surface area contributed by atoms with Crippen LogP contribution in [0.5, 0.6) is 0 Å². The second-order valence-corrected chi connectivity index (χ2v) is 7.18. The fourth-order valence-electron chi connectivity index (χ4n) is 2.86. The molecule has 0 saturated carbocycles. The average Bonchev–Trinajstić information content (AvgIpc) is 2.93. The molecule has 1 unspecified atom stereocenters. The van der Waals surface area contributed by atoms with Crippen molar-refractivity contribution in [3.05, 3.63) is 62.3 Å². The first-order valence-corrected chi connectivity index (χ1v) is 8.87. The van der Waals surface area contributed by atoms with E-state index in [2.05, 4.69) is 9.97 Å². The minimum absolute atomic E-state index is 0.261. The fraction of sp³-hybridized carbons (Fsp3) is 0.278. The summed E-state index contributed by atoms with van der Waals surface area (Å²) < 4.78 is 17.7. The summed E-state index contributed by atoms with van der Waals surface area (Å²) in [6.45, 7) is 2.87. The zero-order valence-electron chi connectivity index (χ0n) is 14.7. The molecule has 1 atom stereocenters. The van der Waals surface area contributed by atoms with E-state index in [0.717, 1.165) is 21.8 Å². The van der Waals surface area contributed by atoms with Crippen LogP contribution in [0.1, 0.15) is 26.6 Å². The Balaban J connectivity index is 1.85. The molecule has 3 rings (SSSR count). The van der Waals surface area contributed by atoms with E-state index in [9.17, 15) is 14.0 Å². The zero-order chi connectivity index (χ0) is 18.8. The van der Waals surface area contributed by atoms with Gasteiger partial charge in [-0.1, -0.05) is 12.1 Å². The molecule has 0 amide bonds. The first-order chi connectivity index (χ1) is 12.4. The number of quaternary nitrogens is 1. The second-order valence-electron chi connectivity index (χ2n) is 6.18. The topological polar surface area (TPSA) is 76.5 Å². The van der Waals surface area contributed by atoms with Crippen LogP contribution in [0.4, 0.5) is 4.39 Å². The van der Waals surface area contributed by atoms with Gasteiger partial charge in [0.1, 0.15) is 28.6 Å². The number of rotatable bonds is 5. The van der Waals surface area contributed by atoms with E-state index in [0.29, 0.717) is 39.6 Å². The smallest absolute Gasteiger partial charge is 0.348 e. The quantitative estimate of drug-likeness (QED) is 0.661. The number of carbonyl (C=O) groups is 1. The van der Waals surface area contributed by atoms with Crippen LogP contribution in [0.15, 0.2) is 29.1 Å². The molecule has 1 aromatic carbocycles. The number of halogens is 1. The standard InChI is InChI=1S/C18H18FN3O3S/c1-10-14-16(23)20-13(21-17(14)26-15(10)18(24)25-3)9-22(2)8-11-4-6-12(19)7-5-11/h4-7H,8-9H2,1-3H3,(H,20,21,23)/p+1. The second kappa shape index (κ2) is 7.35. The van der Waals surface area contributed by atoms with Crippen molar-refractivity contribution < 1.29 is 18.8 Å². The number of aromatic nitrogens is 2. The first-order valence-electron chi connectivity index (χ1n) is 8.05. The number of nitrogens with one attached hydrogen (secondary N) is 2. The average molecular weight is 376 g/mol. The molecule has 0 saturated heterocycles. The van der Waals surface area contributed by atoms with Crippen molar-refractivity contribution in [1.29, 1.82) is 0 Å². The number of fused-ring (bicyclic) bond motifs is 1. The number of hydrogen-bond acceptors (Lipinski definition) is 5. The van der Waals surface area contributed by atoms with E-state index in [1.165, 1.54) is 19.2 Å². The molecule has 3 aromatic rings. The van der Waals surface area contributed by atoms with E-state index in [-0.39, 0.29) is 11.4 Å².